The zero-order chi connectivity index (χ0) is 23.6. The highest BCUT2D eigenvalue weighted by molar-refractivity contribution is 5.89. The summed E-state index contributed by atoms with van der Waals surface area (Å²) < 4.78 is 15.8. The quantitative estimate of drug-likeness (QED) is 0.304. The lowest BCUT2D eigenvalue weighted by Crippen LogP contribution is -2.07. The number of anilines is 1. The van der Waals surface area contributed by atoms with Crippen LogP contribution in [-0.2, 0) is 9.59 Å². The van der Waals surface area contributed by atoms with Crippen molar-refractivity contribution in [2.75, 3.05) is 19.5 Å². The van der Waals surface area contributed by atoms with Crippen molar-refractivity contribution in [2.45, 2.75) is 6.92 Å². The van der Waals surface area contributed by atoms with Crippen molar-refractivity contribution in [1.82, 2.24) is 4.98 Å². The van der Waals surface area contributed by atoms with Crippen LogP contribution >= 0.6 is 0 Å². The van der Waals surface area contributed by atoms with Gasteiger partial charge in [0.25, 0.3) is 0 Å². The van der Waals surface area contributed by atoms with Crippen LogP contribution in [0.2, 0.25) is 0 Å². The number of pyridine rings is 1. The van der Waals surface area contributed by atoms with Gasteiger partial charge in [-0.1, -0.05) is 30.4 Å². The number of benzene rings is 2. The number of hydrogen-bond donors (Lipinski definition) is 1. The van der Waals surface area contributed by atoms with Gasteiger partial charge in [0.2, 0.25) is 5.91 Å². The van der Waals surface area contributed by atoms with E-state index in [1.54, 1.807) is 56.8 Å². The van der Waals surface area contributed by atoms with Crippen molar-refractivity contribution < 1.29 is 23.8 Å². The Balaban J connectivity index is 1.59. The molecule has 0 aliphatic rings. The van der Waals surface area contributed by atoms with Gasteiger partial charge < -0.3 is 19.5 Å². The van der Waals surface area contributed by atoms with Crippen molar-refractivity contribution in [1.29, 1.82) is 0 Å². The van der Waals surface area contributed by atoms with E-state index >= 15 is 0 Å². The SMILES string of the molecule is COc1ccc(/C=C/C(=O)Oc2ccc(/C=C/c3ccnc(NC(C)=O)c3)cc2)cc1OC. The Bertz CT molecular complexity index is 1180. The van der Waals surface area contributed by atoms with Gasteiger partial charge in [-0.25, -0.2) is 9.78 Å². The number of nitrogens with one attached hydrogen (secondary N) is 1. The minimum atomic E-state index is -0.490. The summed E-state index contributed by atoms with van der Waals surface area (Å²) in [7, 11) is 3.12. The average Bonchev–Trinajstić information content (AvgIpc) is 2.82. The molecule has 0 saturated heterocycles. The van der Waals surface area contributed by atoms with E-state index in [1.807, 2.05) is 36.4 Å². The summed E-state index contributed by atoms with van der Waals surface area (Å²) in [6.45, 7) is 1.44. The van der Waals surface area contributed by atoms with Crippen molar-refractivity contribution in [3.63, 3.8) is 0 Å². The molecule has 0 saturated carbocycles. The summed E-state index contributed by atoms with van der Waals surface area (Å²) in [6.07, 6.45) is 8.44. The van der Waals surface area contributed by atoms with Gasteiger partial charge in [0.15, 0.2) is 11.5 Å². The van der Waals surface area contributed by atoms with Crippen LogP contribution in [-0.4, -0.2) is 31.1 Å². The molecule has 1 heterocycles. The largest absolute Gasteiger partial charge is 0.493 e. The fraction of sp³-hybridized carbons (Fsp3) is 0.115. The number of methoxy groups -OCH3 is 2. The molecular weight excluding hydrogens is 420 g/mol. The normalized spacial score (nSPS) is 10.9. The molecule has 1 amide bonds. The minimum Gasteiger partial charge on any atom is -0.493 e. The molecule has 0 aliphatic heterocycles. The predicted octanol–water partition coefficient (Wildman–Crippen LogP) is 4.85. The molecule has 0 aliphatic carbocycles. The number of esters is 1. The van der Waals surface area contributed by atoms with Gasteiger partial charge in [-0.05, 0) is 59.2 Å². The summed E-state index contributed by atoms with van der Waals surface area (Å²) in [5.74, 6) is 1.46. The average molecular weight is 444 g/mol. The Kier molecular flexibility index (Phi) is 7.96. The van der Waals surface area contributed by atoms with E-state index in [0.29, 0.717) is 23.1 Å². The van der Waals surface area contributed by atoms with Gasteiger partial charge in [-0.2, -0.15) is 0 Å². The van der Waals surface area contributed by atoms with Crippen LogP contribution in [0.1, 0.15) is 23.6 Å². The molecule has 0 radical (unpaired) electrons. The molecule has 3 aromatic rings. The first-order valence-electron chi connectivity index (χ1n) is 10.1. The summed E-state index contributed by atoms with van der Waals surface area (Å²) in [5.41, 5.74) is 2.60. The van der Waals surface area contributed by atoms with Gasteiger partial charge in [0.05, 0.1) is 14.2 Å². The number of carbonyl (C=O) groups is 2. The zero-order valence-corrected chi connectivity index (χ0v) is 18.6. The van der Waals surface area contributed by atoms with E-state index in [-0.39, 0.29) is 5.91 Å². The number of carbonyl (C=O) groups excluding carboxylic acids is 2. The second-order valence-corrected chi connectivity index (χ2v) is 6.93. The molecule has 7 nitrogen and oxygen atoms in total. The molecule has 33 heavy (non-hydrogen) atoms. The molecule has 168 valence electrons. The highest BCUT2D eigenvalue weighted by Crippen LogP contribution is 2.28. The standard InChI is InChI=1S/C26H24N2O5/c1-18(29)28-25-17-21(14-15-27-25)5-4-19-6-10-22(11-7-19)33-26(30)13-9-20-8-12-23(31-2)24(16-20)32-3/h4-17H,1-3H3,(H,27,28,29)/b5-4+,13-9+. The fourth-order valence-electron chi connectivity index (χ4n) is 2.91. The van der Waals surface area contributed by atoms with Crippen LogP contribution in [0, 0.1) is 0 Å². The molecule has 0 bridgehead atoms. The highest BCUT2D eigenvalue weighted by Gasteiger charge is 2.04. The smallest absolute Gasteiger partial charge is 0.336 e. The molecule has 0 spiro atoms. The Morgan fingerprint density at radius 1 is 0.818 bits per heavy atom. The van der Waals surface area contributed by atoms with Gasteiger partial charge in [0.1, 0.15) is 11.6 Å². The molecule has 7 heteroatoms. The lowest BCUT2D eigenvalue weighted by atomic mass is 10.1. The lowest BCUT2D eigenvalue weighted by molar-refractivity contribution is -0.128. The van der Waals surface area contributed by atoms with E-state index < -0.39 is 5.97 Å². The predicted molar refractivity (Wildman–Crippen MR) is 128 cm³/mol. The third-order valence-electron chi connectivity index (χ3n) is 4.47. The third kappa shape index (κ3) is 7.07. The molecule has 1 aromatic heterocycles. The Morgan fingerprint density at radius 3 is 2.18 bits per heavy atom. The van der Waals surface area contributed by atoms with Crippen LogP contribution in [0.5, 0.6) is 17.2 Å². The lowest BCUT2D eigenvalue weighted by Gasteiger charge is -2.07. The number of aromatic nitrogens is 1. The van der Waals surface area contributed by atoms with E-state index in [4.69, 9.17) is 14.2 Å². The molecular formula is C26H24N2O5. The van der Waals surface area contributed by atoms with E-state index in [2.05, 4.69) is 10.3 Å². The van der Waals surface area contributed by atoms with Crippen LogP contribution in [0.4, 0.5) is 5.82 Å². The topological polar surface area (TPSA) is 86.8 Å². The van der Waals surface area contributed by atoms with Crippen molar-refractivity contribution in [3.05, 3.63) is 83.6 Å². The molecule has 0 atom stereocenters. The Morgan fingerprint density at radius 2 is 1.48 bits per heavy atom. The zero-order valence-electron chi connectivity index (χ0n) is 18.6. The molecule has 0 fully saturated rings. The summed E-state index contributed by atoms with van der Waals surface area (Å²) >= 11 is 0. The van der Waals surface area contributed by atoms with Gasteiger partial charge in [0, 0.05) is 19.2 Å². The number of amides is 1. The molecule has 1 N–H and O–H groups in total. The molecule has 3 rings (SSSR count). The van der Waals surface area contributed by atoms with E-state index in [9.17, 15) is 9.59 Å². The number of rotatable bonds is 8. The third-order valence-corrected chi connectivity index (χ3v) is 4.47. The highest BCUT2D eigenvalue weighted by atomic mass is 16.5. The first-order valence-corrected chi connectivity index (χ1v) is 10.1. The number of hydrogen-bond acceptors (Lipinski definition) is 6. The second-order valence-electron chi connectivity index (χ2n) is 6.93. The van der Waals surface area contributed by atoms with Crippen LogP contribution in [0.25, 0.3) is 18.2 Å². The van der Waals surface area contributed by atoms with Gasteiger partial charge in [-0.3, -0.25) is 4.79 Å². The number of ether oxygens (including phenoxy) is 3. The molecule has 0 unspecified atom stereocenters. The maximum Gasteiger partial charge on any atom is 0.336 e. The fourth-order valence-corrected chi connectivity index (χ4v) is 2.91. The number of nitrogens with zero attached hydrogens (tertiary/aromatic N) is 1. The van der Waals surface area contributed by atoms with Crippen molar-refractivity contribution >= 4 is 35.9 Å². The van der Waals surface area contributed by atoms with Crippen LogP contribution < -0.4 is 19.5 Å². The first-order chi connectivity index (χ1) is 16.0. The van der Waals surface area contributed by atoms with Crippen molar-refractivity contribution in [2.24, 2.45) is 0 Å². The molecule has 2 aromatic carbocycles. The maximum atomic E-state index is 12.2. The summed E-state index contributed by atoms with van der Waals surface area (Å²) in [4.78, 5) is 27.4. The van der Waals surface area contributed by atoms with Gasteiger partial charge in [-0.15, -0.1) is 0 Å². The van der Waals surface area contributed by atoms with Crippen LogP contribution in [0.3, 0.4) is 0 Å². The summed E-state index contributed by atoms with van der Waals surface area (Å²) in [5, 5.41) is 2.65. The monoisotopic (exact) mass is 444 g/mol. The maximum absolute atomic E-state index is 12.2. The second kappa shape index (κ2) is 11.3. The van der Waals surface area contributed by atoms with E-state index in [0.717, 1.165) is 16.7 Å². The van der Waals surface area contributed by atoms with E-state index in [1.165, 1.54) is 13.0 Å². The van der Waals surface area contributed by atoms with Crippen molar-refractivity contribution in [3.8, 4) is 17.2 Å². The first kappa shape index (κ1) is 23.3. The van der Waals surface area contributed by atoms with Gasteiger partial charge >= 0.3 is 5.97 Å². The Hall–Kier alpha value is -4.39. The summed E-state index contributed by atoms with van der Waals surface area (Å²) in [6, 6.07) is 16.1. The minimum absolute atomic E-state index is 0.174. The Labute approximate surface area is 192 Å². The van der Waals surface area contributed by atoms with Crippen LogP contribution in [0.15, 0.2) is 66.9 Å².